The quantitative estimate of drug-likeness (QED) is 0.483. The molecule has 26 heavy (non-hydrogen) atoms. The molecular formula is C17H18N4O4S. The van der Waals surface area contributed by atoms with Crippen molar-refractivity contribution in [3.8, 4) is 0 Å². The van der Waals surface area contributed by atoms with Crippen LogP contribution in [0.4, 0.5) is 5.82 Å². The molecule has 0 bridgehead atoms. The average Bonchev–Trinajstić information content (AvgIpc) is 3.27. The third-order valence-corrected chi connectivity index (χ3v) is 4.82. The van der Waals surface area contributed by atoms with Crippen molar-refractivity contribution in [3.63, 3.8) is 0 Å². The van der Waals surface area contributed by atoms with Crippen LogP contribution in [-0.2, 0) is 4.74 Å². The molecule has 0 unspecified atom stereocenters. The van der Waals surface area contributed by atoms with Gasteiger partial charge in [-0.25, -0.2) is 14.8 Å². The van der Waals surface area contributed by atoms with Crippen molar-refractivity contribution >= 4 is 39.2 Å². The number of carbonyl (C=O) groups excluding carboxylic acids is 2. The molecule has 0 aromatic carbocycles. The summed E-state index contributed by atoms with van der Waals surface area (Å²) in [6, 6.07) is 3.26. The van der Waals surface area contributed by atoms with Gasteiger partial charge < -0.3 is 19.8 Å². The van der Waals surface area contributed by atoms with Crippen molar-refractivity contribution in [3.05, 3.63) is 40.9 Å². The lowest BCUT2D eigenvalue weighted by Crippen LogP contribution is -2.28. The minimum absolute atomic E-state index is 0.266. The van der Waals surface area contributed by atoms with Crippen LogP contribution in [0.15, 0.2) is 29.1 Å². The molecule has 3 heterocycles. The van der Waals surface area contributed by atoms with Crippen LogP contribution in [0.3, 0.4) is 0 Å². The SMILES string of the molecule is CCOC(=O)c1sc2ncnc(NCCNC(=O)c3ccco3)c2c1C. The van der Waals surface area contributed by atoms with E-state index in [0.717, 1.165) is 10.9 Å². The lowest BCUT2D eigenvalue weighted by atomic mass is 10.2. The van der Waals surface area contributed by atoms with E-state index in [2.05, 4.69) is 20.6 Å². The summed E-state index contributed by atoms with van der Waals surface area (Å²) in [5, 5.41) is 6.71. The van der Waals surface area contributed by atoms with Crippen molar-refractivity contribution < 1.29 is 18.7 Å². The Hall–Kier alpha value is -2.94. The summed E-state index contributed by atoms with van der Waals surface area (Å²) in [7, 11) is 0. The van der Waals surface area contributed by atoms with Gasteiger partial charge in [0.2, 0.25) is 0 Å². The highest BCUT2D eigenvalue weighted by Crippen LogP contribution is 2.33. The molecule has 0 aliphatic heterocycles. The number of thiophene rings is 1. The summed E-state index contributed by atoms with van der Waals surface area (Å²) in [4.78, 5) is 33.6. The molecule has 3 rings (SSSR count). The molecule has 136 valence electrons. The highest BCUT2D eigenvalue weighted by Gasteiger charge is 2.20. The fourth-order valence-electron chi connectivity index (χ4n) is 2.45. The first-order valence-electron chi connectivity index (χ1n) is 8.08. The Morgan fingerprint density at radius 2 is 2.15 bits per heavy atom. The van der Waals surface area contributed by atoms with Crippen LogP contribution in [0.5, 0.6) is 0 Å². The normalized spacial score (nSPS) is 10.7. The van der Waals surface area contributed by atoms with E-state index in [1.807, 2.05) is 6.92 Å². The Morgan fingerprint density at radius 1 is 1.31 bits per heavy atom. The maximum absolute atomic E-state index is 12.1. The number of hydrogen-bond donors (Lipinski definition) is 2. The Balaban J connectivity index is 1.68. The van der Waals surface area contributed by atoms with Gasteiger partial charge in [-0.2, -0.15) is 0 Å². The summed E-state index contributed by atoms with van der Waals surface area (Å²) in [6.07, 6.45) is 2.89. The second-order valence-electron chi connectivity index (χ2n) is 5.34. The third-order valence-electron chi connectivity index (χ3n) is 3.64. The Morgan fingerprint density at radius 3 is 2.88 bits per heavy atom. The zero-order valence-electron chi connectivity index (χ0n) is 14.4. The van der Waals surface area contributed by atoms with Crippen molar-refractivity contribution in [1.82, 2.24) is 15.3 Å². The van der Waals surface area contributed by atoms with Crippen LogP contribution in [0.25, 0.3) is 10.2 Å². The number of anilines is 1. The predicted octanol–water partition coefficient (Wildman–Crippen LogP) is 2.61. The molecule has 3 aromatic heterocycles. The molecular weight excluding hydrogens is 356 g/mol. The number of carbonyl (C=O) groups is 2. The van der Waals surface area contributed by atoms with Gasteiger partial charge in [0.15, 0.2) is 5.76 Å². The van der Waals surface area contributed by atoms with Crippen LogP contribution in [0.2, 0.25) is 0 Å². The molecule has 0 aliphatic carbocycles. The maximum atomic E-state index is 12.1. The van der Waals surface area contributed by atoms with Gasteiger partial charge in [-0.3, -0.25) is 4.79 Å². The molecule has 0 saturated carbocycles. The minimum atomic E-state index is -0.357. The summed E-state index contributed by atoms with van der Waals surface area (Å²) in [5.74, 6) is 0.249. The van der Waals surface area contributed by atoms with E-state index < -0.39 is 0 Å². The van der Waals surface area contributed by atoms with Crippen molar-refractivity contribution in [2.75, 3.05) is 25.0 Å². The van der Waals surface area contributed by atoms with E-state index in [9.17, 15) is 9.59 Å². The fraction of sp³-hybridized carbons (Fsp3) is 0.294. The molecule has 3 aromatic rings. The Labute approximate surface area is 153 Å². The zero-order chi connectivity index (χ0) is 18.5. The van der Waals surface area contributed by atoms with Gasteiger partial charge in [-0.15, -0.1) is 11.3 Å². The number of esters is 1. The van der Waals surface area contributed by atoms with E-state index in [-0.39, 0.29) is 17.6 Å². The first kappa shape index (κ1) is 17.9. The molecule has 8 nitrogen and oxygen atoms in total. The second kappa shape index (κ2) is 7.96. The van der Waals surface area contributed by atoms with Crippen molar-refractivity contribution in [2.45, 2.75) is 13.8 Å². The van der Waals surface area contributed by atoms with Crippen LogP contribution >= 0.6 is 11.3 Å². The van der Waals surface area contributed by atoms with Gasteiger partial charge in [0.25, 0.3) is 5.91 Å². The molecule has 0 radical (unpaired) electrons. The third kappa shape index (κ3) is 3.67. The van der Waals surface area contributed by atoms with Gasteiger partial charge in [-0.05, 0) is 31.5 Å². The molecule has 0 aliphatic rings. The van der Waals surface area contributed by atoms with Gasteiger partial charge in [-0.1, -0.05) is 0 Å². The largest absolute Gasteiger partial charge is 0.462 e. The van der Waals surface area contributed by atoms with Crippen LogP contribution in [0.1, 0.15) is 32.7 Å². The topological polar surface area (TPSA) is 106 Å². The molecule has 9 heteroatoms. The van der Waals surface area contributed by atoms with Gasteiger partial charge >= 0.3 is 5.97 Å². The van der Waals surface area contributed by atoms with Crippen LogP contribution in [0, 0.1) is 6.92 Å². The molecule has 0 fully saturated rings. The number of hydrogen-bond acceptors (Lipinski definition) is 8. The number of ether oxygens (including phenoxy) is 1. The second-order valence-corrected chi connectivity index (χ2v) is 6.34. The van der Waals surface area contributed by atoms with Gasteiger partial charge in [0.05, 0.1) is 18.3 Å². The van der Waals surface area contributed by atoms with Crippen molar-refractivity contribution in [1.29, 1.82) is 0 Å². The van der Waals surface area contributed by atoms with E-state index in [1.54, 1.807) is 19.1 Å². The zero-order valence-corrected chi connectivity index (χ0v) is 15.2. The number of fused-ring (bicyclic) bond motifs is 1. The number of amides is 1. The number of aromatic nitrogens is 2. The molecule has 1 amide bonds. The first-order valence-corrected chi connectivity index (χ1v) is 8.90. The minimum Gasteiger partial charge on any atom is -0.462 e. The molecule has 0 spiro atoms. The smallest absolute Gasteiger partial charge is 0.348 e. The summed E-state index contributed by atoms with van der Waals surface area (Å²) < 4.78 is 10.1. The van der Waals surface area contributed by atoms with E-state index >= 15 is 0 Å². The standard InChI is InChI=1S/C17H18N4O4S/c1-3-24-17(23)13-10(2)12-14(20-9-21-16(12)26-13)18-6-7-19-15(22)11-5-4-8-25-11/h4-5,8-9H,3,6-7H2,1-2H3,(H,19,22)(H,18,20,21). The van der Waals surface area contributed by atoms with Crippen LogP contribution < -0.4 is 10.6 Å². The maximum Gasteiger partial charge on any atom is 0.348 e. The number of furan rings is 1. The summed E-state index contributed by atoms with van der Waals surface area (Å²) in [6.45, 7) is 4.78. The van der Waals surface area contributed by atoms with E-state index in [4.69, 9.17) is 9.15 Å². The summed E-state index contributed by atoms with van der Waals surface area (Å²) in [5.41, 5.74) is 0.783. The van der Waals surface area contributed by atoms with Gasteiger partial charge in [0, 0.05) is 13.1 Å². The number of nitrogens with one attached hydrogen (secondary N) is 2. The number of rotatable bonds is 7. The Kier molecular flexibility index (Phi) is 5.47. The Bertz CT molecular complexity index is 920. The fourth-order valence-corrected chi connectivity index (χ4v) is 3.49. The number of aryl methyl sites for hydroxylation is 1. The lowest BCUT2D eigenvalue weighted by Gasteiger charge is -2.08. The van der Waals surface area contributed by atoms with Crippen LogP contribution in [-0.4, -0.2) is 41.5 Å². The first-order chi connectivity index (χ1) is 12.6. The average molecular weight is 374 g/mol. The monoisotopic (exact) mass is 374 g/mol. The lowest BCUT2D eigenvalue weighted by molar-refractivity contribution is 0.0531. The van der Waals surface area contributed by atoms with Gasteiger partial charge in [0.1, 0.15) is 21.9 Å². The highest BCUT2D eigenvalue weighted by atomic mass is 32.1. The number of nitrogens with zero attached hydrogens (tertiary/aromatic N) is 2. The summed E-state index contributed by atoms with van der Waals surface area (Å²) >= 11 is 1.28. The molecule has 0 saturated heterocycles. The molecule has 0 atom stereocenters. The van der Waals surface area contributed by atoms with E-state index in [1.165, 1.54) is 23.9 Å². The van der Waals surface area contributed by atoms with Crippen molar-refractivity contribution in [2.24, 2.45) is 0 Å². The molecule has 2 N–H and O–H groups in total. The predicted molar refractivity (Wildman–Crippen MR) is 97.6 cm³/mol. The van der Waals surface area contributed by atoms with E-state index in [0.29, 0.717) is 35.2 Å². The highest BCUT2D eigenvalue weighted by molar-refractivity contribution is 7.20.